The van der Waals surface area contributed by atoms with E-state index >= 15 is 0 Å². The van der Waals surface area contributed by atoms with E-state index in [4.69, 9.17) is 4.74 Å². The zero-order valence-corrected chi connectivity index (χ0v) is 13.8. The molecule has 2 aromatic carbocycles. The molecule has 3 amide bonds. The predicted octanol–water partition coefficient (Wildman–Crippen LogP) is 2.77. The number of anilines is 2. The van der Waals surface area contributed by atoms with Gasteiger partial charge in [0, 0.05) is 25.0 Å². The fourth-order valence-electron chi connectivity index (χ4n) is 2.11. The highest BCUT2D eigenvalue weighted by molar-refractivity contribution is 5.93. The third-order valence-corrected chi connectivity index (χ3v) is 3.31. The zero-order chi connectivity index (χ0) is 18.1. The second kappa shape index (κ2) is 9.39. The summed E-state index contributed by atoms with van der Waals surface area (Å²) in [5.41, 5.74) is 2.16. The van der Waals surface area contributed by atoms with Crippen LogP contribution >= 0.6 is 0 Å². The first-order chi connectivity index (χ1) is 12.1. The molecule has 2 rings (SSSR count). The summed E-state index contributed by atoms with van der Waals surface area (Å²) in [6, 6.07) is 12.5. The molecule has 0 aliphatic carbocycles. The number of ether oxygens (including phenoxy) is 1. The normalized spacial score (nSPS) is 10.2. The standard InChI is InChI=1S/C18H20FN3O3/c1-25-12-17(23)21-15-6-8-16(9-7-15)22-18(24)20-11-10-13-2-4-14(19)5-3-13/h2-9H,10-12H2,1H3,(H,21,23)(H2,20,22,24). The number of rotatable bonds is 7. The Hall–Kier alpha value is -2.93. The van der Waals surface area contributed by atoms with E-state index in [1.165, 1.54) is 19.2 Å². The molecule has 25 heavy (non-hydrogen) atoms. The molecule has 0 aromatic heterocycles. The van der Waals surface area contributed by atoms with Gasteiger partial charge in [-0.1, -0.05) is 12.1 Å². The van der Waals surface area contributed by atoms with Gasteiger partial charge in [-0.25, -0.2) is 9.18 Å². The summed E-state index contributed by atoms with van der Waals surface area (Å²) in [6.07, 6.45) is 0.609. The maximum Gasteiger partial charge on any atom is 0.319 e. The second-order valence-corrected chi connectivity index (χ2v) is 5.32. The van der Waals surface area contributed by atoms with Crippen LogP contribution in [0, 0.1) is 5.82 Å². The number of benzene rings is 2. The zero-order valence-electron chi connectivity index (χ0n) is 13.8. The minimum Gasteiger partial charge on any atom is -0.375 e. The van der Waals surface area contributed by atoms with Crippen molar-refractivity contribution in [1.82, 2.24) is 5.32 Å². The van der Waals surface area contributed by atoms with Crippen molar-refractivity contribution in [1.29, 1.82) is 0 Å². The molecule has 0 spiro atoms. The molecule has 0 aliphatic heterocycles. The van der Waals surface area contributed by atoms with Crippen LogP contribution in [0.2, 0.25) is 0 Å². The molecule has 0 fully saturated rings. The molecule has 0 radical (unpaired) electrons. The highest BCUT2D eigenvalue weighted by atomic mass is 19.1. The Morgan fingerprint density at radius 3 is 2.16 bits per heavy atom. The van der Waals surface area contributed by atoms with Crippen LogP contribution in [0.1, 0.15) is 5.56 Å². The van der Waals surface area contributed by atoms with Gasteiger partial charge < -0.3 is 20.7 Å². The first kappa shape index (κ1) is 18.4. The Balaban J connectivity index is 1.74. The molecule has 2 aromatic rings. The number of urea groups is 1. The lowest BCUT2D eigenvalue weighted by Crippen LogP contribution is -2.30. The summed E-state index contributed by atoms with van der Waals surface area (Å²) >= 11 is 0. The molecular weight excluding hydrogens is 325 g/mol. The van der Waals surface area contributed by atoms with Crippen molar-refractivity contribution >= 4 is 23.3 Å². The number of carbonyl (C=O) groups is 2. The van der Waals surface area contributed by atoms with Crippen LogP contribution in [-0.4, -0.2) is 32.2 Å². The fraction of sp³-hybridized carbons (Fsp3) is 0.222. The van der Waals surface area contributed by atoms with E-state index in [-0.39, 0.29) is 24.4 Å². The van der Waals surface area contributed by atoms with E-state index in [1.807, 2.05) is 0 Å². The van der Waals surface area contributed by atoms with Crippen LogP contribution in [0.5, 0.6) is 0 Å². The predicted molar refractivity (Wildman–Crippen MR) is 94.1 cm³/mol. The molecule has 132 valence electrons. The van der Waals surface area contributed by atoms with Crippen LogP contribution in [0.15, 0.2) is 48.5 Å². The van der Waals surface area contributed by atoms with Crippen molar-refractivity contribution in [2.45, 2.75) is 6.42 Å². The van der Waals surface area contributed by atoms with Gasteiger partial charge in [0.15, 0.2) is 0 Å². The first-order valence-corrected chi connectivity index (χ1v) is 7.75. The van der Waals surface area contributed by atoms with Gasteiger partial charge in [-0.3, -0.25) is 4.79 Å². The lowest BCUT2D eigenvalue weighted by atomic mass is 10.1. The molecule has 3 N–H and O–H groups in total. The highest BCUT2D eigenvalue weighted by Gasteiger charge is 2.04. The summed E-state index contributed by atoms with van der Waals surface area (Å²) in [6.45, 7) is 0.416. The topological polar surface area (TPSA) is 79.5 Å². The smallest absolute Gasteiger partial charge is 0.319 e. The molecule has 6 nitrogen and oxygen atoms in total. The third-order valence-electron chi connectivity index (χ3n) is 3.31. The summed E-state index contributed by atoms with van der Waals surface area (Å²) in [5.74, 6) is -0.530. The molecule has 0 saturated heterocycles. The van der Waals surface area contributed by atoms with Crippen molar-refractivity contribution in [2.24, 2.45) is 0 Å². The van der Waals surface area contributed by atoms with Crippen molar-refractivity contribution in [3.8, 4) is 0 Å². The van der Waals surface area contributed by atoms with Crippen molar-refractivity contribution in [2.75, 3.05) is 30.9 Å². The van der Waals surface area contributed by atoms with E-state index in [2.05, 4.69) is 16.0 Å². The maximum atomic E-state index is 12.8. The summed E-state index contributed by atoms with van der Waals surface area (Å²) in [4.78, 5) is 23.2. The molecule has 0 bridgehead atoms. The lowest BCUT2D eigenvalue weighted by Gasteiger charge is -2.09. The number of nitrogens with one attached hydrogen (secondary N) is 3. The number of hydrogen-bond donors (Lipinski definition) is 3. The summed E-state index contributed by atoms with van der Waals surface area (Å²) in [5, 5.41) is 8.08. The minimum absolute atomic E-state index is 0.0174. The van der Waals surface area contributed by atoms with E-state index in [0.29, 0.717) is 24.3 Å². The van der Waals surface area contributed by atoms with Gasteiger partial charge in [0.2, 0.25) is 5.91 Å². The van der Waals surface area contributed by atoms with Crippen molar-refractivity contribution < 1.29 is 18.7 Å². The average Bonchev–Trinajstić information content (AvgIpc) is 2.59. The molecular formula is C18H20FN3O3. The number of amides is 3. The van der Waals surface area contributed by atoms with Crippen LogP contribution in [0.3, 0.4) is 0 Å². The maximum absolute atomic E-state index is 12.8. The van der Waals surface area contributed by atoms with Gasteiger partial charge >= 0.3 is 6.03 Å². The molecule has 0 saturated carbocycles. The largest absolute Gasteiger partial charge is 0.375 e. The molecule has 7 heteroatoms. The van der Waals surface area contributed by atoms with E-state index in [9.17, 15) is 14.0 Å². The Morgan fingerprint density at radius 2 is 1.56 bits per heavy atom. The van der Waals surface area contributed by atoms with Crippen molar-refractivity contribution in [3.63, 3.8) is 0 Å². The van der Waals surface area contributed by atoms with Crippen LogP contribution in [0.4, 0.5) is 20.6 Å². The summed E-state index contributed by atoms with van der Waals surface area (Å²) in [7, 11) is 1.45. The quantitative estimate of drug-likeness (QED) is 0.722. The van der Waals surface area contributed by atoms with Crippen LogP contribution in [0.25, 0.3) is 0 Å². The Kier molecular flexibility index (Phi) is 6.91. The molecule has 0 aliphatic rings. The fourth-order valence-corrected chi connectivity index (χ4v) is 2.11. The molecule has 0 atom stereocenters. The van der Waals surface area contributed by atoms with Gasteiger partial charge in [-0.2, -0.15) is 0 Å². The second-order valence-electron chi connectivity index (χ2n) is 5.32. The van der Waals surface area contributed by atoms with Crippen LogP contribution in [-0.2, 0) is 16.0 Å². The number of halogens is 1. The minimum atomic E-state index is -0.335. The van der Waals surface area contributed by atoms with Gasteiger partial charge in [-0.15, -0.1) is 0 Å². The van der Waals surface area contributed by atoms with Gasteiger partial charge in [0.25, 0.3) is 0 Å². The number of hydrogen-bond acceptors (Lipinski definition) is 3. The number of methoxy groups -OCH3 is 1. The van der Waals surface area contributed by atoms with E-state index in [1.54, 1.807) is 36.4 Å². The summed E-state index contributed by atoms with van der Waals surface area (Å²) < 4.78 is 17.5. The average molecular weight is 345 g/mol. The van der Waals surface area contributed by atoms with Gasteiger partial charge in [0.1, 0.15) is 12.4 Å². The van der Waals surface area contributed by atoms with Gasteiger partial charge in [-0.05, 0) is 48.4 Å². The Bertz CT molecular complexity index is 703. The Labute approximate surface area is 145 Å². The SMILES string of the molecule is COCC(=O)Nc1ccc(NC(=O)NCCc2ccc(F)cc2)cc1. The van der Waals surface area contributed by atoms with E-state index in [0.717, 1.165) is 5.56 Å². The highest BCUT2D eigenvalue weighted by Crippen LogP contribution is 2.13. The number of carbonyl (C=O) groups excluding carboxylic acids is 2. The third kappa shape index (κ3) is 6.60. The Morgan fingerprint density at radius 1 is 0.960 bits per heavy atom. The molecule has 0 unspecified atom stereocenters. The van der Waals surface area contributed by atoms with Crippen LogP contribution < -0.4 is 16.0 Å². The first-order valence-electron chi connectivity index (χ1n) is 7.75. The van der Waals surface area contributed by atoms with Gasteiger partial charge in [0.05, 0.1) is 0 Å². The van der Waals surface area contributed by atoms with E-state index < -0.39 is 0 Å². The van der Waals surface area contributed by atoms with Crippen molar-refractivity contribution in [3.05, 3.63) is 59.9 Å². The molecule has 0 heterocycles. The monoisotopic (exact) mass is 345 g/mol. The lowest BCUT2D eigenvalue weighted by molar-refractivity contribution is -0.119.